The fourth-order valence-electron chi connectivity index (χ4n) is 3.11. The average Bonchev–Trinajstić information content (AvgIpc) is 3.19. The maximum absolute atomic E-state index is 12.3. The second-order valence-electron chi connectivity index (χ2n) is 6.69. The third-order valence-electron chi connectivity index (χ3n) is 4.71. The van der Waals surface area contributed by atoms with E-state index < -0.39 is 0 Å². The summed E-state index contributed by atoms with van der Waals surface area (Å²) in [5.41, 5.74) is 6.68. The van der Waals surface area contributed by atoms with E-state index in [0.29, 0.717) is 0 Å². The molecule has 0 N–H and O–H groups in total. The van der Waals surface area contributed by atoms with Crippen molar-refractivity contribution >= 4 is 22.6 Å². The summed E-state index contributed by atoms with van der Waals surface area (Å²) in [6.45, 7) is 6.26. The summed E-state index contributed by atoms with van der Waals surface area (Å²) >= 11 is 0. The van der Waals surface area contributed by atoms with Crippen molar-refractivity contribution in [2.45, 2.75) is 33.8 Å². The highest BCUT2D eigenvalue weighted by molar-refractivity contribution is 5.86. The Hall–Kier alpha value is -3.08. The topological polar surface area (TPSA) is 56.7 Å². The Kier molecular flexibility index (Phi) is 3.99. The van der Waals surface area contributed by atoms with Gasteiger partial charge in [0, 0.05) is 23.3 Å². The maximum Gasteiger partial charge on any atom is 0.310 e. The molecular formula is C21H20N2O3. The van der Waals surface area contributed by atoms with Gasteiger partial charge < -0.3 is 13.6 Å². The van der Waals surface area contributed by atoms with Crippen molar-refractivity contribution in [1.82, 2.24) is 9.38 Å². The zero-order valence-corrected chi connectivity index (χ0v) is 15.1. The molecule has 0 amide bonds. The van der Waals surface area contributed by atoms with E-state index in [1.807, 2.05) is 48.8 Å². The second kappa shape index (κ2) is 6.33. The van der Waals surface area contributed by atoms with Crippen LogP contribution in [0.15, 0.2) is 47.3 Å². The molecule has 0 fully saturated rings. The molecule has 4 rings (SSSR count). The third kappa shape index (κ3) is 2.96. The van der Waals surface area contributed by atoms with Crippen molar-refractivity contribution in [3.63, 3.8) is 0 Å². The fraction of sp³-hybridized carbons (Fsp3) is 0.238. The summed E-state index contributed by atoms with van der Waals surface area (Å²) in [5, 5.41) is 0.966. The summed E-state index contributed by atoms with van der Waals surface area (Å²) in [7, 11) is 0. The zero-order valence-electron chi connectivity index (χ0n) is 15.1. The first-order valence-corrected chi connectivity index (χ1v) is 8.57. The number of esters is 1. The summed E-state index contributed by atoms with van der Waals surface area (Å²) in [4.78, 5) is 16.8. The fourth-order valence-corrected chi connectivity index (χ4v) is 3.11. The minimum atomic E-state index is -0.292. The molecule has 4 aromatic rings. The van der Waals surface area contributed by atoms with E-state index in [-0.39, 0.29) is 19.0 Å². The van der Waals surface area contributed by atoms with Crippen LogP contribution in [0, 0.1) is 20.8 Å². The van der Waals surface area contributed by atoms with Crippen molar-refractivity contribution in [2.24, 2.45) is 0 Å². The Morgan fingerprint density at radius 2 is 2.00 bits per heavy atom. The molecule has 0 bridgehead atoms. The van der Waals surface area contributed by atoms with Crippen molar-refractivity contribution in [3.8, 4) is 0 Å². The van der Waals surface area contributed by atoms with E-state index in [9.17, 15) is 4.79 Å². The summed E-state index contributed by atoms with van der Waals surface area (Å²) < 4.78 is 12.9. The average molecular weight is 348 g/mol. The number of rotatable bonds is 4. The second-order valence-corrected chi connectivity index (χ2v) is 6.69. The monoisotopic (exact) mass is 348 g/mol. The highest BCUT2D eigenvalue weighted by Gasteiger charge is 2.13. The van der Waals surface area contributed by atoms with Crippen LogP contribution >= 0.6 is 0 Å². The molecule has 132 valence electrons. The number of fused-ring (bicyclic) bond motifs is 2. The third-order valence-corrected chi connectivity index (χ3v) is 4.71. The molecule has 5 heteroatoms. The molecule has 0 aliphatic rings. The van der Waals surface area contributed by atoms with Crippen molar-refractivity contribution in [1.29, 1.82) is 0 Å². The van der Waals surface area contributed by atoms with Gasteiger partial charge in [-0.15, -0.1) is 0 Å². The molecule has 26 heavy (non-hydrogen) atoms. The number of pyridine rings is 1. The molecular weight excluding hydrogens is 328 g/mol. The van der Waals surface area contributed by atoms with E-state index >= 15 is 0 Å². The predicted molar refractivity (Wildman–Crippen MR) is 99.1 cm³/mol. The Morgan fingerprint density at radius 3 is 2.81 bits per heavy atom. The number of furan rings is 1. The lowest BCUT2D eigenvalue weighted by atomic mass is 10.0. The number of benzene rings is 1. The molecule has 0 aliphatic heterocycles. The van der Waals surface area contributed by atoms with Gasteiger partial charge in [0.1, 0.15) is 17.8 Å². The Balaban J connectivity index is 1.47. The lowest BCUT2D eigenvalue weighted by molar-refractivity contribution is -0.144. The van der Waals surface area contributed by atoms with Crippen LogP contribution in [0.3, 0.4) is 0 Å². The number of ether oxygens (including phenoxy) is 1. The van der Waals surface area contributed by atoms with Gasteiger partial charge in [-0.05, 0) is 55.7 Å². The van der Waals surface area contributed by atoms with Gasteiger partial charge >= 0.3 is 5.97 Å². The first-order chi connectivity index (χ1) is 12.5. The summed E-state index contributed by atoms with van der Waals surface area (Å²) in [6, 6.07) is 8.03. The Labute approximate surface area is 151 Å². The van der Waals surface area contributed by atoms with Crippen LogP contribution in [0.4, 0.5) is 0 Å². The van der Waals surface area contributed by atoms with Crippen LogP contribution in [-0.2, 0) is 22.6 Å². The number of hydrogen-bond acceptors (Lipinski definition) is 4. The van der Waals surface area contributed by atoms with E-state index in [1.165, 1.54) is 11.1 Å². The smallest absolute Gasteiger partial charge is 0.310 e. The molecule has 0 spiro atoms. The van der Waals surface area contributed by atoms with Crippen molar-refractivity contribution < 1.29 is 13.9 Å². The summed E-state index contributed by atoms with van der Waals surface area (Å²) in [5.74, 6) is -0.292. The molecule has 0 aliphatic carbocycles. The van der Waals surface area contributed by atoms with Gasteiger partial charge in [-0.2, -0.15) is 0 Å². The molecule has 0 atom stereocenters. The van der Waals surface area contributed by atoms with Crippen LogP contribution in [-0.4, -0.2) is 15.4 Å². The maximum atomic E-state index is 12.3. The standard InChI is InChI=1S/C21H20N2O3/c1-13-5-4-6-23-10-17(22-21(13)23)12-26-20(24)9-16-11-25-19-8-15(3)14(2)7-18(16)19/h4-8,10-11H,9,12H2,1-3H3. The Morgan fingerprint density at radius 1 is 1.19 bits per heavy atom. The normalized spacial score (nSPS) is 11.3. The number of aromatic nitrogens is 2. The van der Waals surface area contributed by atoms with Crippen LogP contribution in [0.25, 0.3) is 16.6 Å². The highest BCUT2D eigenvalue weighted by Crippen LogP contribution is 2.25. The molecule has 3 aromatic heterocycles. The van der Waals surface area contributed by atoms with Crippen LogP contribution < -0.4 is 0 Å². The number of nitrogens with zero attached hydrogens (tertiary/aromatic N) is 2. The number of carbonyl (C=O) groups excluding carboxylic acids is 1. The molecule has 0 radical (unpaired) electrons. The molecule has 0 unspecified atom stereocenters. The van der Waals surface area contributed by atoms with E-state index in [1.54, 1.807) is 6.26 Å². The van der Waals surface area contributed by atoms with Gasteiger partial charge in [0.05, 0.1) is 18.4 Å². The quantitative estimate of drug-likeness (QED) is 0.516. The lowest BCUT2D eigenvalue weighted by Crippen LogP contribution is -2.07. The molecule has 5 nitrogen and oxygen atoms in total. The number of imidazole rings is 1. The largest absolute Gasteiger partial charge is 0.464 e. The number of aryl methyl sites for hydroxylation is 3. The lowest BCUT2D eigenvalue weighted by Gasteiger charge is -2.03. The summed E-state index contributed by atoms with van der Waals surface area (Å²) in [6.07, 6.45) is 5.64. The van der Waals surface area contributed by atoms with Gasteiger partial charge in [-0.25, -0.2) is 4.98 Å². The van der Waals surface area contributed by atoms with Gasteiger partial charge in [-0.3, -0.25) is 4.79 Å². The predicted octanol–water partition coefficient (Wildman–Crippen LogP) is 4.29. The van der Waals surface area contributed by atoms with Crippen LogP contribution in [0.5, 0.6) is 0 Å². The van der Waals surface area contributed by atoms with Crippen LogP contribution in [0.1, 0.15) is 27.9 Å². The number of hydrogen-bond donors (Lipinski definition) is 0. The first kappa shape index (κ1) is 16.4. The van der Waals surface area contributed by atoms with E-state index in [4.69, 9.17) is 9.15 Å². The van der Waals surface area contributed by atoms with E-state index in [2.05, 4.69) is 18.0 Å². The Bertz CT molecular complexity index is 1120. The van der Waals surface area contributed by atoms with Gasteiger partial charge in [0.15, 0.2) is 0 Å². The van der Waals surface area contributed by atoms with E-state index in [0.717, 1.165) is 33.4 Å². The molecule has 0 saturated carbocycles. The van der Waals surface area contributed by atoms with Gasteiger partial charge in [0.25, 0.3) is 0 Å². The highest BCUT2D eigenvalue weighted by atomic mass is 16.5. The zero-order chi connectivity index (χ0) is 18.3. The minimum absolute atomic E-state index is 0.161. The molecule has 1 aromatic carbocycles. The van der Waals surface area contributed by atoms with Crippen LogP contribution in [0.2, 0.25) is 0 Å². The van der Waals surface area contributed by atoms with Gasteiger partial charge in [-0.1, -0.05) is 6.07 Å². The molecule has 0 saturated heterocycles. The van der Waals surface area contributed by atoms with Gasteiger partial charge in [0.2, 0.25) is 0 Å². The SMILES string of the molecule is Cc1cc2occ(CC(=O)OCc3cn4cccc(C)c4n3)c2cc1C. The molecule has 3 heterocycles. The minimum Gasteiger partial charge on any atom is -0.464 e. The van der Waals surface area contributed by atoms with Crippen molar-refractivity contribution in [2.75, 3.05) is 0 Å². The number of carbonyl (C=O) groups is 1. The van der Waals surface area contributed by atoms with Crippen molar-refractivity contribution in [3.05, 3.63) is 70.9 Å². The first-order valence-electron chi connectivity index (χ1n) is 8.57.